The molecule has 0 saturated carbocycles. The Kier molecular flexibility index (Phi) is 2.87. The van der Waals surface area contributed by atoms with E-state index in [9.17, 15) is 9.90 Å². The number of phenols is 1. The smallest absolute Gasteiger partial charge is 0.211 e. The number of rotatable bonds is 3. The molecule has 2 aromatic carbocycles. The fraction of sp³-hybridized carbons (Fsp3) is 0. The third-order valence-corrected chi connectivity index (χ3v) is 2.32. The molecule has 0 heterocycles. The Morgan fingerprint density at radius 3 is 2.50 bits per heavy atom. The Bertz CT molecular complexity index is 547. The molecule has 16 heavy (non-hydrogen) atoms. The molecule has 0 bridgehead atoms. The molecule has 0 aromatic heterocycles. The van der Waals surface area contributed by atoms with Crippen molar-refractivity contribution in [2.75, 3.05) is 0 Å². The van der Waals surface area contributed by atoms with E-state index in [-0.39, 0.29) is 5.75 Å². The fourth-order valence-electron chi connectivity index (χ4n) is 1.56. The largest absolute Gasteiger partial charge is 0.507 e. The number of amides is 1. The second kappa shape index (κ2) is 4.49. The van der Waals surface area contributed by atoms with Gasteiger partial charge in [-0.2, -0.15) is 0 Å². The van der Waals surface area contributed by atoms with Crippen LogP contribution in [0.4, 0.5) is 0 Å². The van der Waals surface area contributed by atoms with E-state index >= 15 is 0 Å². The molecule has 2 rings (SSSR count). The predicted molar refractivity (Wildman–Crippen MR) is 63.8 cm³/mol. The van der Waals surface area contributed by atoms with Crippen LogP contribution in [0.15, 0.2) is 42.6 Å². The van der Waals surface area contributed by atoms with Crippen molar-refractivity contribution in [3.8, 4) is 5.75 Å². The van der Waals surface area contributed by atoms with Crippen LogP contribution in [0.3, 0.4) is 0 Å². The van der Waals surface area contributed by atoms with E-state index in [2.05, 4.69) is 5.32 Å². The van der Waals surface area contributed by atoms with Gasteiger partial charge in [0.05, 0.1) is 0 Å². The van der Waals surface area contributed by atoms with Gasteiger partial charge < -0.3 is 10.4 Å². The first kappa shape index (κ1) is 10.2. The molecule has 0 aliphatic rings. The van der Waals surface area contributed by atoms with Gasteiger partial charge in [0.25, 0.3) is 0 Å². The van der Waals surface area contributed by atoms with Crippen molar-refractivity contribution in [3.05, 3.63) is 48.2 Å². The molecule has 0 atom stereocenters. The molecule has 80 valence electrons. The molecule has 3 heteroatoms. The lowest BCUT2D eigenvalue weighted by atomic mass is 10.1. The summed E-state index contributed by atoms with van der Waals surface area (Å²) in [6, 6.07) is 11.3. The number of aromatic hydroxyl groups is 1. The van der Waals surface area contributed by atoms with Crippen molar-refractivity contribution in [1.29, 1.82) is 0 Å². The summed E-state index contributed by atoms with van der Waals surface area (Å²) in [5, 5.41) is 14.2. The molecular formula is C13H11NO2. The number of hydrogen-bond donors (Lipinski definition) is 2. The Labute approximate surface area is 93.0 Å². The Balaban J connectivity index is 2.45. The van der Waals surface area contributed by atoms with Gasteiger partial charge in [0.15, 0.2) is 0 Å². The third-order valence-electron chi connectivity index (χ3n) is 2.32. The lowest BCUT2D eigenvalue weighted by molar-refractivity contribution is -0.108. The van der Waals surface area contributed by atoms with E-state index in [1.54, 1.807) is 12.1 Å². The lowest BCUT2D eigenvalue weighted by Gasteiger charge is -2.02. The Hall–Kier alpha value is -2.29. The van der Waals surface area contributed by atoms with Gasteiger partial charge in [-0.1, -0.05) is 24.3 Å². The average Bonchev–Trinajstić information content (AvgIpc) is 2.30. The topological polar surface area (TPSA) is 49.3 Å². The van der Waals surface area contributed by atoms with Crippen LogP contribution in [0.5, 0.6) is 5.75 Å². The molecule has 0 aliphatic heterocycles. The predicted octanol–water partition coefficient (Wildman–Crippen LogP) is 2.26. The molecule has 0 radical (unpaired) electrons. The number of benzene rings is 2. The van der Waals surface area contributed by atoms with Crippen molar-refractivity contribution in [1.82, 2.24) is 5.32 Å². The van der Waals surface area contributed by atoms with Crippen LogP contribution in [-0.4, -0.2) is 11.5 Å². The molecule has 0 aliphatic carbocycles. The normalized spacial score (nSPS) is 10.8. The molecular weight excluding hydrogens is 202 g/mol. The highest BCUT2D eigenvalue weighted by molar-refractivity contribution is 5.87. The van der Waals surface area contributed by atoms with E-state index in [0.29, 0.717) is 12.0 Å². The molecule has 0 saturated heterocycles. The minimum absolute atomic E-state index is 0.197. The van der Waals surface area contributed by atoms with Gasteiger partial charge in [-0.05, 0) is 29.0 Å². The van der Waals surface area contributed by atoms with Crippen LogP contribution >= 0.6 is 0 Å². The van der Waals surface area contributed by atoms with Gasteiger partial charge in [-0.15, -0.1) is 0 Å². The standard InChI is InChI=1S/C13H11NO2/c15-9-14-6-5-12-7-10-3-1-2-4-11(10)8-13(12)16/h1-9,16H,(H,14,15). The van der Waals surface area contributed by atoms with Crippen LogP contribution in [0.1, 0.15) is 5.56 Å². The average molecular weight is 213 g/mol. The van der Waals surface area contributed by atoms with Crippen LogP contribution < -0.4 is 5.32 Å². The SMILES string of the molecule is O=CNC=Cc1cc2ccccc2cc1O. The maximum Gasteiger partial charge on any atom is 0.211 e. The summed E-state index contributed by atoms with van der Waals surface area (Å²) in [5.74, 6) is 0.197. The molecule has 3 nitrogen and oxygen atoms in total. The zero-order valence-corrected chi connectivity index (χ0v) is 8.55. The van der Waals surface area contributed by atoms with Crippen molar-refractivity contribution in [2.45, 2.75) is 0 Å². The first-order valence-electron chi connectivity index (χ1n) is 4.89. The molecule has 0 unspecified atom stereocenters. The Morgan fingerprint density at radius 1 is 1.12 bits per heavy atom. The van der Waals surface area contributed by atoms with Crippen molar-refractivity contribution < 1.29 is 9.90 Å². The molecule has 0 spiro atoms. The van der Waals surface area contributed by atoms with E-state index in [0.717, 1.165) is 10.8 Å². The summed E-state index contributed by atoms with van der Waals surface area (Å²) in [7, 11) is 0. The first-order valence-corrected chi connectivity index (χ1v) is 4.89. The van der Waals surface area contributed by atoms with Gasteiger partial charge in [-0.3, -0.25) is 4.79 Å². The van der Waals surface area contributed by atoms with Crippen LogP contribution in [0.2, 0.25) is 0 Å². The summed E-state index contributed by atoms with van der Waals surface area (Å²) in [4.78, 5) is 10.1. The number of carbonyl (C=O) groups is 1. The fourth-order valence-corrected chi connectivity index (χ4v) is 1.56. The van der Waals surface area contributed by atoms with Crippen LogP contribution in [0.25, 0.3) is 16.8 Å². The summed E-state index contributed by atoms with van der Waals surface area (Å²) in [6.07, 6.45) is 3.71. The molecule has 0 fully saturated rings. The van der Waals surface area contributed by atoms with Gasteiger partial charge >= 0.3 is 0 Å². The highest BCUT2D eigenvalue weighted by Gasteiger charge is 2.00. The summed E-state index contributed by atoms with van der Waals surface area (Å²) < 4.78 is 0. The number of carbonyl (C=O) groups excluding carboxylic acids is 1. The number of hydrogen-bond acceptors (Lipinski definition) is 2. The van der Waals surface area contributed by atoms with E-state index in [4.69, 9.17) is 0 Å². The highest BCUT2D eigenvalue weighted by atomic mass is 16.3. The lowest BCUT2D eigenvalue weighted by Crippen LogP contribution is -1.97. The minimum Gasteiger partial charge on any atom is -0.507 e. The number of phenolic OH excluding ortho intramolecular Hbond substituents is 1. The van der Waals surface area contributed by atoms with Gasteiger partial charge in [0, 0.05) is 11.8 Å². The van der Waals surface area contributed by atoms with E-state index in [1.807, 2.05) is 30.3 Å². The van der Waals surface area contributed by atoms with Gasteiger partial charge in [-0.25, -0.2) is 0 Å². The van der Waals surface area contributed by atoms with Gasteiger partial charge in [0.1, 0.15) is 5.75 Å². The maximum absolute atomic E-state index is 10.1. The quantitative estimate of drug-likeness (QED) is 0.768. The van der Waals surface area contributed by atoms with Crippen molar-refractivity contribution in [3.63, 3.8) is 0 Å². The van der Waals surface area contributed by atoms with Crippen molar-refractivity contribution >= 4 is 23.3 Å². The van der Waals surface area contributed by atoms with Crippen LogP contribution in [0, 0.1) is 0 Å². The van der Waals surface area contributed by atoms with Crippen LogP contribution in [-0.2, 0) is 4.79 Å². The zero-order chi connectivity index (χ0) is 11.4. The second-order valence-corrected chi connectivity index (χ2v) is 3.38. The summed E-state index contributed by atoms with van der Waals surface area (Å²) in [6.45, 7) is 0. The maximum atomic E-state index is 10.1. The summed E-state index contributed by atoms with van der Waals surface area (Å²) >= 11 is 0. The van der Waals surface area contributed by atoms with Gasteiger partial charge in [0.2, 0.25) is 6.41 Å². The first-order chi connectivity index (χ1) is 7.81. The second-order valence-electron chi connectivity index (χ2n) is 3.38. The molecule has 2 N–H and O–H groups in total. The van der Waals surface area contributed by atoms with E-state index in [1.165, 1.54) is 6.20 Å². The monoisotopic (exact) mass is 213 g/mol. The third kappa shape index (κ3) is 2.03. The van der Waals surface area contributed by atoms with Crippen molar-refractivity contribution in [2.24, 2.45) is 0 Å². The minimum atomic E-state index is 0.197. The highest BCUT2D eigenvalue weighted by Crippen LogP contribution is 2.25. The zero-order valence-electron chi connectivity index (χ0n) is 8.55. The number of fused-ring (bicyclic) bond motifs is 1. The number of nitrogens with one attached hydrogen (secondary N) is 1. The Morgan fingerprint density at radius 2 is 1.81 bits per heavy atom. The molecule has 2 aromatic rings. The van der Waals surface area contributed by atoms with E-state index < -0.39 is 0 Å². The summed E-state index contributed by atoms with van der Waals surface area (Å²) in [5.41, 5.74) is 0.674. The molecule has 1 amide bonds.